The number of nitrogens with one attached hydrogen (secondary N) is 2. The Balaban J connectivity index is 0.00000320. The van der Waals surface area contributed by atoms with Gasteiger partial charge in [-0.2, -0.15) is 0 Å². The molecule has 1 fully saturated rings. The summed E-state index contributed by atoms with van der Waals surface area (Å²) in [6, 6.07) is 18.0. The molecule has 1 aliphatic heterocycles. The standard InChI is InChI=1S/C22H29N5O2.HI/c1-23-22(25-17-21(28)24-16-18-7-4-3-5-8-18)27-13-11-26(12-14-27)19-9-6-10-20(15-19)29-2;/h3-10,15H,11-14,16-17H2,1-2H3,(H,23,25)(H,24,28);1H. The second-order valence-electron chi connectivity index (χ2n) is 6.84. The van der Waals surface area contributed by atoms with Crippen molar-refractivity contribution in [2.75, 3.05) is 51.8 Å². The van der Waals surface area contributed by atoms with Crippen LogP contribution >= 0.6 is 24.0 Å². The maximum Gasteiger partial charge on any atom is 0.239 e. The van der Waals surface area contributed by atoms with E-state index >= 15 is 0 Å². The fraction of sp³-hybridized carbons (Fsp3) is 0.364. The van der Waals surface area contributed by atoms with Crippen molar-refractivity contribution in [1.29, 1.82) is 0 Å². The first-order chi connectivity index (χ1) is 14.2. The molecule has 162 valence electrons. The highest BCUT2D eigenvalue weighted by atomic mass is 127. The zero-order valence-corrected chi connectivity index (χ0v) is 19.8. The summed E-state index contributed by atoms with van der Waals surface area (Å²) in [5, 5.41) is 6.10. The molecule has 8 heteroatoms. The van der Waals surface area contributed by atoms with Gasteiger partial charge < -0.3 is 25.2 Å². The molecule has 0 spiro atoms. The van der Waals surface area contributed by atoms with Gasteiger partial charge in [0.25, 0.3) is 0 Å². The summed E-state index contributed by atoms with van der Waals surface area (Å²) in [5.41, 5.74) is 2.24. The fourth-order valence-corrected chi connectivity index (χ4v) is 3.33. The number of nitrogens with zero attached hydrogens (tertiary/aromatic N) is 3. The Labute approximate surface area is 195 Å². The Morgan fingerprint density at radius 1 is 1.03 bits per heavy atom. The van der Waals surface area contributed by atoms with Crippen LogP contribution in [0.1, 0.15) is 5.56 Å². The van der Waals surface area contributed by atoms with Crippen LogP contribution < -0.4 is 20.3 Å². The SMILES string of the molecule is CN=C(NCC(=O)NCc1ccccc1)N1CCN(c2cccc(OC)c2)CC1.I. The minimum Gasteiger partial charge on any atom is -0.497 e. The number of halogens is 1. The monoisotopic (exact) mass is 523 g/mol. The lowest BCUT2D eigenvalue weighted by Gasteiger charge is -2.37. The van der Waals surface area contributed by atoms with Crippen molar-refractivity contribution < 1.29 is 9.53 Å². The van der Waals surface area contributed by atoms with Crippen molar-refractivity contribution in [2.45, 2.75) is 6.54 Å². The summed E-state index contributed by atoms with van der Waals surface area (Å²) in [4.78, 5) is 21.0. The maximum absolute atomic E-state index is 12.1. The van der Waals surface area contributed by atoms with Gasteiger partial charge in [-0.3, -0.25) is 9.79 Å². The molecule has 0 aromatic heterocycles. The third-order valence-electron chi connectivity index (χ3n) is 4.95. The van der Waals surface area contributed by atoms with Gasteiger partial charge in [0.05, 0.1) is 13.7 Å². The Bertz CT molecular complexity index is 823. The van der Waals surface area contributed by atoms with Crippen molar-refractivity contribution in [3.05, 3.63) is 60.2 Å². The maximum atomic E-state index is 12.1. The quantitative estimate of drug-likeness (QED) is 0.346. The van der Waals surface area contributed by atoms with Crippen molar-refractivity contribution >= 4 is 41.5 Å². The fourth-order valence-electron chi connectivity index (χ4n) is 3.33. The third kappa shape index (κ3) is 6.79. The van der Waals surface area contributed by atoms with E-state index < -0.39 is 0 Å². The smallest absolute Gasteiger partial charge is 0.239 e. The van der Waals surface area contributed by atoms with Gasteiger partial charge in [0.1, 0.15) is 5.75 Å². The third-order valence-corrected chi connectivity index (χ3v) is 4.95. The lowest BCUT2D eigenvalue weighted by atomic mass is 10.2. The summed E-state index contributed by atoms with van der Waals surface area (Å²) in [5.74, 6) is 1.57. The summed E-state index contributed by atoms with van der Waals surface area (Å²) in [6.07, 6.45) is 0. The first-order valence-corrected chi connectivity index (χ1v) is 9.85. The number of aliphatic imine (C=N–C) groups is 1. The van der Waals surface area contributed by atoms with E-state index in [1.54, 1.807) is 14.2 Å². The van der Waals surface area contributed by atoms with E-state index in [1.165, 1.54) is 0 Å². The van der Waals surface area contributed by atoms with Crippen LogP contribution in [0.25, 0.3) is 0 Å². The molecule has 1 saturated heterocycles. The molecule has 0 atom stereocenters. The molecule has 0 saturated carbocycles. The molecule has 1 heterocycles. The first kappa shape index (κ1) is 23.8. The topological polar surface area (TPSA) is 69.2 Å². The molecular formula is C22H30IN5O2. The Kier molecular flexibility index (Phi) is 9.72. The van der Waals surface area contributed by atoms with Gasteiger partial charge in [0, 0.05) is 51.5 Å². The van der Waals surface area contributed by atoms with Crippen molar-refractivity contribution in [3.8, 4) is 5.75 Å². The highest BCUT2D eigenvalue weighted by Crippen LogP contribution is 2.22. The molecule has 1 aliphatic rings. The number of hydrogen-bond acceptors (Lipinski definition) is 4. The number of guanidine groups is 1. The van der Waals surface area contributed by atoms with Crippen LogP contribution in [0.4, 0.5) is 5.69 Å². The van der Waals surface area contributed by atoms with E-state index in [9.17, 15) is 4.79 Å². The van der Waals surface area contributed by atoms with Crippen molar-refractivity contribution in [2.24, 2.45) is 4.99 Å². The van der Waals surface area contributed by atoms with E-state index in [0.29, 0.717) is 6.54 Å². The zero-order chi connectivity index (χ0) is 20.5. The van der Waals surface area contributed by atoms with Gasteiger partial charge >= 0.3 is 0 Å². The molecule has 2 N–H and O–H groups in total. The van der Waals surface area contributed by atoms with Crippen LogP contribution in [0.5, 0.6) is 5.75 Å². The minimum atomic E-state index is -0.0509. The first-order valence-electron chi connectivity index (χ1n) is 9.85. The number of hydrogen-bond donors (Lipinski definition) is 2. The average molecular weight is 523 g/mol. The molecule has 0 aliphatic carbocycles. The number of ether oxygens (including phenoxy) is 1. The average Bonchev–Trinajstić information content (AvgIpc) is 2.79. The molecule has 3 rings (SSSR count). The Morgan fingerprint density at radius 2 is 1.77 bits per heavy atom. The van der Waals surface area contributed by atoms with Gasteiger partial charge in [0.2, 0.25) is 5.91 Å². The zero-order valence-electron chi connectivity index (χ0n) is 17.5. The number of carbonyl (C=O) groups excluding carboxylic acids is 1. The van der Waals surface area contributed by atoms with Crippen LogP contribution in [0.15, 0.2) is 59.6 Å². The van der Waals surface area contributed by atoms with E-state index in [1.807, 2.05) is 42.5 Å². The number of benzene rings is 2. The lowest BCUT2D eigenvalue weighted by molar-refractivity contribution is -0.120. The summed E-state index contributed by atoms with van der Waals surface area (Å²) in [6.45, 7) is 4.17. The summed E-state index contributed by atoms with van der Waals surface area (Å²) < 4.78 is 5.32. The van der Waals surface area contributed by atoms with E-state index in [2.05, 4.69) is 37.6 Å². The minimum absolute atomic E-state index is 0. The molecule has 2 aromatic carbocycles. The largest absolute Gasteiger partial charge is 0.497 e. The molecule has 7 nitrogen and oxygen atoms in total. The molecule has 30 heavy (non-hydrogen) atoms. The number of rotatable bonds is 6. The van der Waals surface area contributed by atoms with E-state index in [-0.39, 0.29) is 36.4 Å². The van der Waals surface area contributed by atoms with Gasteiger partial charge in [-0.1, -0.05) is 36.4 Å². The van der Waals surface area contributed by atoms with Crippen molar-refractivity contribution in [1.82, 2.24) is 15.5 Å². The Morgan fingerprint density at radius 3 is 2.43 bits per heavy atom. The van der Waals surface area contributed by atoms with E-state index in [0.717, 1.165) is 49.1 Å². The van der Waals surface area contributed by atoms with Gasteiger partial charge in [-0.05, 0) is 17.7 Å². The predicted octanol–water partition coefficient (Wildman–Crippen LogP) is 2.33. The van der Waals surface area contributed by atoms with Crippen LogP contribution in [-0.2, 0) is 11.3 Å². The highest BCUT2D eigenvalue weighted by molar-refractivity contribution is 14.0. The van der Waals surface area contributed by atoms with Crippen LogP contribution in [0.2, 0.25) is 0 Å². The lowest BCUT2D eigenvalue weighted by Crippen LogP contribution is -2.53. The predicted molar refractivity (Wildman–Crippen MR) is 132 cm³/mol. The van der Waals surface area contributed by atoms with Crippen molar-refractivity contribution in [3.63, 3.8) is 0 Å². The second-order valence-corrected chi connectivity index (χ2v) is 6.84. The van der Waals surface area contributed by atoms with Crippen LogP contribution in [0.3, 0.4) is 0 Å². The molecule has 0 bridgehead atoms. The summed E-state index contributed by atoms with van der Waals surface area (Å²) >= 11 is 0. The number of piperazine rings is 1. The van der Waals surface area contributed by atoms with Gasteiger partial charge in [0.15, 0.2) is 5.96 Å². The number of carbonyl (C=O) groups is 1. The molecule has 1 amide bonds. The van der Waals surface area contributed by atoms with Crippen LogP contribution in [0, 0.1) is 0 Å². The molecule has 0 radical (unpaired) electrons. The molecular weight excluding hydrogens is 493 g/mol. The number of amides is 1. The van der Waals surface area contributed by atoms with E-state index in [4.69, 9.17) is 4.74 Å². The summed E-state index contributed by atoms with van der Waals surface area (Å²) in [7, 11) is 3.43. The number of methoxy groups -OCH3 is 1. The molecule has 2 aromatic rings. The highest BCUT2D eigenvalue weighted by Gasteiger charge is 2.20. The second kappa shape index (κ2) is 12.3. The Hall–Kier alpha value is -2.49. The van der Waals surface area contributed by atoms with Gasteiger partial charge in [-0.15, -0.1) is 24.0 Å². The number of anilines is 1. The van der Waals surface area contributed by atoms with Crippen LogP contribution in [-0.4, -0.2) is 63.6 Å². The van der Waals surface area contributed by atoms with Gasteiger partial charge in [-0.25, -0.2) is 0 Å². The molecule has 0 unspecified atom stereocenters. The normalized spacial score (nSPS) is 14.0.